The van der Waals surface area contributed by atoms with Gasteiger partial charge in [0.25, 0.3) is 0 Å². The molecular formula is C22H32N6O. The summed E-state index contributed by atoms with van der Waals surface area (Å²) in [5.41, 5.74) is 1.25. The van der Waals surface area contributed by atoms with E-state index in [1.807, 2.05) is 30.3 Å². The van der Waals surface area contributed by atoms with Gasteiger partial charge in [-0.15, -0.1) is 0 Å². The van der Waals surface area contributed by atoms with E-state index < -0.39 is 0 Å². The summed E-state index contributed by atoms with van der Waals surface area (Å²) in [6.45, 7) is 12.1. The predicted molar refractivity (Wildman–Crippen MR) is 115 cm³/mol. The van der Waals surface area contributed by atoms with Crippen LogP contribution in [0.3, 0.4) is 0 Å². The molecule has 156 valence electrons. The largest absolute Gasteiger partial charge is 0.368 e. The number of rotatable bonds is 6. The van der Waals surface area contributed by atoms with E-state index in [9.17, 15) is 4.79 Å². The summed E-state index contributed by atoms with van der Waals surface area (Å²) in [6.07, 6.45) is 3.90. The van der Waals surface area contributed by atoms with Crippen LogP contribution in [0.2, 0.25) is 0 Å². The van der Waals surface area contributed by atoms with Crippen molar-refractivity contribution in [3.05, 3.63) is 48.5 Å². The van der Waals surface area contributed by atoms with Crippen molar-refractivity contribution in [1.82, 2.24) is 24.3 Å². The maximum atomic E-state index is 12.8. The Morgan fingerprint density at radius 3 is 2.24 bits per heavy atom. The van der Waals surface area contributed by atoms with Gasteiger partial charge in [-0.1, -0.05) is 18.2 Å². The lowest BCUT2D eigenvalue weighted by molar-refractivity contribution is -0.133. The van der Waals surface area contributed by atoms with Crippen LogP contribution < -0.4 is 4.90 Å². The second kappa shape index (κ2) is 9.41. The molecule has 0 atom stereocenters. The Morgan fingerprint density at radius 1 is 0.897 bits per heavy atom. The summed E-state index contributed by atoms with van der Waals surface area (Å²) in [6, 6.07) is 10.5. The summed E-state index contributed by atoms with van der Waals surface area (Å²) in [5.74, 6) is 1.35. The van der Waals surface area contributed by atoms with Crippen molar-refractivity contribution in [2.45, 2.75) is 13.5 Å². The molecule has 2 aliphatic heterocycles. The van der Waals surface area contributed by atoms with Gasteiger partial charge in [0.2, 0.25) is 5.91 Å². The highest BCUT2D eigenvalue weighted by Crippen LogP contribution is 2.15. The van der Waals surface area contributed by atoms with Gasteiger partial charge in [-0.3, -0.25) is 14.6 Å². The zero-order valence-corrected chi connectivity index (χ0v) is 17.4. The minimum Gasteiger partial charge on any atom is -0.368 e. The number of carbonyl (C=O) groups is 1. The van der Waals surface area contributed by atoms with E-state index >= 15 is 0 Å². The topological polar surface area (TPSA) is 47.9 Å². The Hall–Kier alpha value is -2.38. The molecule has 0 unspecified atom stereocenters. The number of aromatic nitrogens is 2. The van der Waals surface area contributed by atoms with Crippen LogP contribution in [0.4, 0.5) is 5.69 Å². The molecule has 2 aliphatic rings. The molecule has 0 saturated carbocycles. The number of imidazole rings is 1. The molecule has 29 heavy (non-hydrogen) atoms. The number of carbonyl (C=O) groups excluding carboxylic acids is 1. The summed E-state index contributed by atoms with van der Waals surface area (Å²) < 4.78 is 2.20. The molecule has 2 aromatic rings. The van der Waals surface area contributed by atoms with E-state index in [4.69, 9.17) is 0 Å². The van der Waals surface area contributed by atoms with Gasteiger partial charge in [0, 0.05) is 83.5 Å². The third-order valence-electron chi connectivity index (χ3n) is 6.16. The molecule has 0 bridgehead atoms. The standard InChI is InChI=1S/C22H32N6O/c1-20-23-7-8-26(20)14-13-24-9-11-25(12-10-24)19-22(29)28-17-15-27(16-18-28)21-5-3-2-4-6-21/h2-8H,9-19H2,1H3. The van der Waals surface area contributed by atoms with Gasteiger partial charge in [0.1, 0.15) is 5.82 Å². The molecule has 0 spiro atoms. The van der Waals surface area contributed by atoms with Crippen LogP contribution in [-0.2, 0) is 11.3 Å². The summed E-state index contributed by atoms with van der Waals surface area (Å²) in [5, 5.41) is 0. The Kier molecular flexibility index (Phi) is 6.46. The van der Waals surface area contributed by atoms with E-state index in [0.29, 0.717) is 6.54 Å². The first kappa shape index (κ1) is 19.9. The highest BCUT2D eigenvalue weighted by molar-refractivity contribution is 5.78. The van der Waals surface area contributed by atoms with Crippen LogP contribution in [0.15, 0.2) is 42.7 Å². The fourth-order valence-electron chi connectivity index (χ4n) is 4.20. The second-order valence-corrected chi connectivity index (χ2v) is 7.99. The number of benzene rings is 1. The molecule has 1 aromatic heterocycles. The van der Waals surface area contributed by atoms with Crippen LogP contribution in [0.1, 0.15) is 5.82 Å². The first-order chi connectivity index (χ1) is 14.2. The molecule has 0 aliphatic carbocycles. The van der Waals surface area contributed by atoms with E-state index in [-0.39, 0.29) is 5.91 Å². The number of hydrogen-bond acceptors (Lipinski definition) is 5. The van der Waals surface area contributed by atoms with Crippen LogP contribution in [-0.4, -0.2) is 95.6 Å². The normalized spacial score (nSPS) is 18.9. The Bertz CT molecular complexity index is 776. The lowest BCUT2D eigenvalue weighted by Crippen LogP contribution is -2.54. The first-order valence-electron chi connectivity index (χ1n) is 10.7. The average molecular weight is 397 g/mol. The number of nitrogens with zero attached hydrogens (tertiary/aromatic N) is 6. The quantitative estimate of drug-likeness (QED) is 0.733. The molecule has 2 fully saturated rings. The van der Waals surface area contributed by atoms with Gasteiger partial charge in [-0.2, -0.15) is 0 Å². The summed E-state index contributed by atoms with van der Waals surface area (Å²) >= 11 is 0. The maximum absolute atomic E-state index is 12.8. The molecular weight excluding hydrogens is 364 g/mol. The number of hydrogen-bond donors (Lipinski definition) is 0. The molecule has 7 nitrogen and oxygen atoms in total. The Labute approximate surface area is 173 Å². The highest BCUT2D eigenvalue weighted by Gasteiger charge is 2.24. The molecule has 1 amide bonds. The number of para-hydroxylation sites is 1. The SMILES string of the molecule is Cc1nccn1CCN1CCN(CC(=O)N2CCN(c3ccccc3)CC2)CC1. The number of piperazine rings is 2. The minimum absolute atomic E-state index is 0.278. The lowest BCUT2D eigenvalue weighted by atomic mass is 10.2. The van der Waals surface area contributed by atoms with E-state index in [1.54, 1.807) is 0 Å². The van der Waals surface area contributed by atoms with Crippen molar-refractivity contribution >= 4 is 11.6 Å². The maximum Gasteiger partial charge on any atom is 0.236 e. The van der Waals surface area contributed by atoms with Crippen LogP contribution >= 0.6 is 0 Å². The monoisotopic (exact) mass is 396 g/mol. The third-order valence-corrected chi connectivity index (χ3v) is 6.16. The molecule has 1 aromatic carbocycles. The fourth-order valence-corrected chi connectivity index (χ4v) is 4.20. The molecule has 0 N–H and O–H groups in total. The predicted octanol–water partition coefficient (Wildman–Crippen LogP) is 1.16. The van der Waals surface area contributed by atoms with E-state index in [0.717, 1.165) is 71.3 Å². The zero-order chi connectivity index (χ0) is 20.1. The van der Waals surface area contributed by atoms with Crippen molar-refractivity contribution in [3.63, 3.8) is 0 Å². The average Bonchev–Trinajstić information content (AvgIpc) is 3.18. The Morgan fingerprint density at radius 2 is 1.59 bits per heavy atom. The zero-order valence-electron chi connectivity index (χ0n) is 17.4. The van der Waals surface area contributed by atoms with Crippen molar-refractivity contribution < 1.29 is 4.79 Å². The number of amides is 1. The van der Waals surface area contributed by atoms with Gasteiger partial charge in [-0.25, -0.2) is 4.98 Å². The van der Waals surface area contributed by atoms with Gasteiger partial charge < -0.3 is 14.4 Å². The van der Waals surface area contributed by atoms with Gasteiger partial charge in [-0.05, 0) is 19.1 Å². The summed E-state index contributed by atoms with van der Waals surface area (Å²) in [4.78, 5) is 26.2. The minimum atomic E-state index is 0.278. The van der Waals surface area contributed by atoms with Crippen LogP contribution in [0.25, 0.3) is 0 Å². The molecule has 0 radical (unpaired) electrons. The molecule has 7 heteroatoms. The van der Waals surface area contributed by atoms with Crippen LogP contribution in [0.5, 0.6) is 0 Å². The first-order valence-corrected chi connectivity index (χ1v) is 10.7. The van der Waals surface area contributed by atoms with Gasteiger partial charge in [0.05, 0.1) is 6.54 Å². The Balaban J connectivity index is 1.16. The van der Waals surface area contributed by atoms with Crippen LogP contribution in [0, 0.1) is 6.92 Å². The van der Waals surface area contributed by atoms with E-state index in [2.05, 4.69) is 48.5 Å². The van der Waals surface area contributed by atoms with Crippen molar-refractivity contribution in [3.8, 4) is 0 Å². The van der Waals surface area contributed by atoms with E-state index in [1.165, 1.54) is 5.69 Å². The van der Waals surface area contributed by atoms with Gasteiger partial charge >= 0.3 is 0 Å². The summed E-state index contributed by atoms with van der Waals surface area (Å²) in [7, 11) is 0. The molecule has 3 heterocycles. The fraction of sp³-hybridized carbons (Fsp3) is 0.545. The third kappa shape index (κ3) is 5.16. The van der Waals surface area contributed by atoms with Gasteiger partial charge in [0.15, 0.2) is 0 Å². The van der Waals surface area contributed by atoms with Crippen molar-refractivity contribution in [2.24, 2.45) is 0 Å². The highest BCUT2D eigenvalue weighted by atomic mass is 16.2. The second-order valence-electron chi connectivity index (χ2n) is 7.99. The van der Waals surface area contributed by atoms with Crippen molar-refractivity contribution in [1.29, 1.82) is 0 Å². The lowest BCUT2D eigenvalue weighted by Gasteiger charge is -2.38. The smallest absolute Gasteiger partial charge is 0.236 e. The number of anilines is 1. The number of aryl methyl sites for hydroxylation is 1. The molecule has 2 saturated heterocycles. The molecule has 4 rings (SSSR count). The van der Waals surface area contributed by atoms with Crippen molar-refractivity contribution in [2.75, 3.05) is 70.3 Å².